The van der Waals surface area contributed by atoms with Gasteiger partial charge in [-0.2, -0.15) is 16.3 Å². The van der Waals surface area contributed by atoms with Gasteiger partial charge in [-0.15, -0.1) is 0 Å². The van der Waals surface area contributed by atoms with Crippen LogP contribution in [0.1, 0.15) is 11.4 Å². The zero-order valence-corrected chi connectivity index (χ0v) is 9.60. The lowest BCUT2D eigenvalue weighted by atomic mass is 10.2. The number of aromatic nitrogens is 2. The fraction of sp³-hybridized carbons (Fsp3) is 0.400. The van der Waals surface area contributed by atoms with Gasteiger partial charge in [0.05, 0.1) is 5.56 Å². The average Bonchev–Trinajstić information content (AvgIpc) is 2.83. The highest BCUT2D eigenvalue weighted by atomic mass is 32.1. The van der Waals surface area contributed by atoms with Gasteiger partial charge in [0.2, 0.25) is 0 Å². The summed E-state index contributed by atoms with van der Waals surface area (Å²) in [6.45, 7) is 2.91. The molecule has 0 aromatic carbocycles. The van der Waals surface area contributed by atoms with E-state index in [1.807, 2.05) is 19.4 Å². The van der Waals surface area contributed by atoms with Gasteiger partial charge in [0.15, 0.2) is 5.82 Å². The van der Waals surface area contributed by atoms with Crippen molar-refractivity contribution in [1.29, 1.82) is 0 Å². The van der Waals surface area contributed by atoms with Crippen LogP contribution in [0, 0.1) is 6.92 Å². The number of aryl methyl sites for hydroxylation is 1. The summed E-state index contributed by atoms with van der Waals surface area (Å²) in [5.74, 6) is 1.38. The zero-order valence-electron chi connectivity index (χ0n) is 8.78. The molecule has 4 nitrogen and oxygen atoms in total. The standard InChI is InChI=1S/C10H13N3OS/c1-7-5-15-6-8(7)10-12-9(13-14-10)3-4-11-2/h5-6,11H,3-4H2,1-2H3. The first-order valence-corrected chi connectivity index (χ1v) is 5.76. The predicted octanol–water partition coefficient (Wildman–Crippen LogP) is 1.87. The topological polar surface area (TPSA) is 51.0 Å². The van der Waals surface area contributed by atoms with E-state index in [0.29, 0.717) is 5.89 Å². The molecule has 0 saturated heterocycles. The van der Waals surface area contributed by atoms with Crippen molar-refractivity contribution in [3.63, 3.8) is 0 Å². The Morgan fingerprint density at radius 3 is 3.00 bits per heavy atom. The summed E-state index contributed by atoms with van der Waals surface area (Å²) in [5, 5.41) is 11.1. The Hall–Kier alpha value is -1.20. The third-order valence-corrected chi connectivity index (χ3v) is 3.01. The summed E-state index contributed by atoms with van der Waals surface area (Å²) in [6.07, 6.45) is 0.795. The van der Waals surface area contributed by atoms with E-state index in [9.17, 15) is 0 Å². The molecule has 0 spiro atoms. The van der Waals surface area contributed by atoms with Crippen LogP contribution < -0.4 is 5.32 Å². The van der Waals surface area contributed by atoms with Crippen molar-refractivity contribution in [2.75, 3.05) is 13.6 Å². The maximum absolute atomic E-state index is 5.20. The van der Waals surface area contributed by atoms with Crippen LogP contribution in [-0.2, 0) is 6.42 Å². The monoisotopic (exact) mass is 223 g/mol. The summed E-state index contributed by atoms with van der Waals surface area (Å²) in [5.41, 5.74) is 2.23. The van der Waals surface area contributed by atoms with Crippen molar-refractivity contribution < 1.29 is 4.52 Å². The molecule has 1 N–H and O–H groups in total. The molecular formula is C10H13N3OS. The number of hydrogen-bond donors (Lipinski definition) is 1. The van der Waals surface area contributed by atoms with Crippen molar-refractivity contribution in [2.45, 2.75) is 13.3 Å². The van der Waals surface area contributed by atoms with Gasteiger partial charge in [-0.3, -0.25) is 0 Å². The molecule has 80 valence electrons. The molecule has 0 atom stereocenters. The van der Waals surface area contributed by atoms with E-state index < -0.39 is 0 Å². The number of nitrogens with one attached hydrogen (secondary N) is 1. The summed E-state index contributed by atoms with van der Waals surface area (Å²) < 4.78 is 5.20. The highest BCUT2D eigenvalue weighted by molar-refractivity contribution is 7.08. The molecule has 5 heteroatoms. The van der Waals surface area contributed by atoms with E-state index in [-0.39, 0.29) is 0 Å². The van der Waals surface area contributed by atoms with Crippen LogP contribution in [-0.4, -0.2) is 23.7 Å². The molecule has 2 rings (SSSR count). The molecule has 0 aliphatic heterocycles. The predicted molar refractivity (Wildman–Crippen MR) is 60.0 cm³/mol. The molecule has 2 heterocycles. The quantitative estimate of drug-likeness (QED) is 0.859. The molecule has 0 radical (unpaired) electrons. The molecule has 0 aliphatic carbocycles. The third-order valence-electron chi connectivity index (χ3n) is 2.15. The fourth-order valence-corrected chi connectivity index (χ4v) is 2.10. The molecule has 0 bridgehead atoms. The fourth-order valence-electron chi connectivity index (χ4n) is 1.28. The smallest absolute Gasteiger partial charge is 0.259 e. The molecule has 0 aliphatic rings. The Bertz CT molecular complexity index is 435. The molecule has 0 unspecified atom stereocenters. The highest BCUT2D eigenvalue weighted by Crippen LogP contribution is 2.24. The summed E-state index contributed by atoms with van der Waals surface area (Å²) in [6, 6.07) is 0. The van der Waals surface area contributed by atoms with E-state index in [1.54, 1.807) is 11.3 Å². The minimum atomic E-state index is 0.625. The number of likely N-dealkylation sites (N-methyl/N-ethyl adjacent to an activating group) is 1. The van der Waals surface area contributed by atoms with Gasteiger partial charge in [-0.25, -0.2) is 0 Å². The second-order valence-electron chi connectivity index (χ2n) is 3.34. The second kappa shape index (κ2) is 4.55. The van der Waals surface area contributed by atoms with Crippen LogP contribution in [0.5, 0.6) is 0 Å². The zero-order chi connectivity index (χ0) is 10.7. The van der Waals surface area contributed by atoms with Crippen LogP contribution in [0.2, 0.25) is 0 Å². The lowest BCUT2D eigenvalue weighted by Gasteiger charge is -1.91. The van der Waals surface area contributed by atoms with E-state index >= 15 is 0 Å². The van der Waals surface area contributed by atoms with Crippen LogP contribution in [0.15, 0.2) is 15.3 Å². The first-order chi connectivity index (χ1) is 7.31. The maximum atomic E-state index is 5.20. The van der Waals surface area contributed by atoms with Gasteiger partial charge in [0, 0.05) is 18.3 Å². The van der Waals surface area contributed by atoms with Crippen LogP contribution in [0.3, 0.4) is 0 Å². The van der Waals surface area contributed by atoms with Crippen molar-refractivity contribution in [2.24, 2.45) is 0 Å². The Kier molecular flexibility index (Phi) is 3.13. The van der Waals surface area contributed by atoms with Gasteiger partial charge in [-0.05, 0) is 24.9 Å². The Balaban J connectivity index is 2.17. The van der Waals surface area contributed by atoms with Gasteiger partial charge in [0.25, 0.3) is 5.89 Å². The van der Waals surface area contributed by atoms with Crippen LogP contribution in [0.4, 0.5) is 0 Å². The van der Waals surface area contributed by atoms with Crippen molar-refractivity contribution in [3.05, 3.63) is 22.1 Å². The lowest BCUT2D eigenvalue weighted by Crippen LogP contribution is -2.10. The number of hydrogen-bond acceptors (Lipinski definition) is 5. The lowest BCUT2D eigenvalue weighted by molar-refractivity contribution is 0.422. The van der Waals surface area contributed by atoms with Crippen LogP contribution in [0.25, 0.3) is 11.5 Å². The summed E-state index contributed by atoms with van der Waals surface area (Å²) in [4.78, 5) is 4.34. The number of nitrogens with zero attached hydrogens (tertiary/aromatic N) is 2. The Morgan fingerprint density at radius 1 is 1.47 bits per heavy atom. The maximum Gasteiger partial charge on any atom is 0.259 e. The summed E-state index contributed by atoms with van der Waals surface area (Å²) >= 11 is 1.65. The van der Waals surface area contributed by atoms with E-state index in [0.717, 1.165) is 24.4 Å². The SMILES string of the molecule is CNCCc1noc(-c2cscc2C)n1. The molecule has 15 heavy (non-hydrogen) atoms. The van der Waals surface area contributed by atoms with Gasteiger partial charge < -0.3 is 9.84 Å². The van der Waals surface area contributed by atoms with Gasteiger partial charge in [-0.1, -0.05) is 5.16 Å². The number of thiophene rings is 1. The molecule has 2 aromatic heterocycles. The van der Waals surface area contributed by atoms with Crippen LogP contribution >= 0.6 is 11.3 Å². The average molecular weight is 223 g/mol. The second-order valence-corrected chi connectivity index (χ2v) is 4.08. The van der Waals surface area contributed by atoms with Gasteiger partial charge in [0.1, 0.15) is 0 Å². The molecule has 0 fully saturated rings. The van der Waals surface area contributed by atoms with Crippen molar-refractivity contribution in [1.82, 2.24) is 15.5 Å². The van der Waals surface area contributed by atoms with E-state index in [4.69, 9.17) is 4.52 Å². The number of rotatable bonds is 4. The Labute approximate surface area is 92.3 Å². The first kappa shape index (κ1) is 10.3. The Morgan fingerprint density at radius 2 is 2.33 bits per heavy atom. The van der Waals surface area contributed by atoms with Crippen molar-refractivity contribution in [3.8, 4) is 11.5 Å². The summed E-state index contributed by atoms with van der Waals surface area (Å²) in [7, 11) is 1.91. The minimum absolute atomic E-state index is 0.625. The minimum Gasteiger partial charge on any atom is -0.334 e. The normalized spacial score (nSPS) is 10.8. The first-order valence-electron chi connectivity index (χ1n) is 4.81. The molecule has 0 amide bonds. The third kappa shape index (κ3) is 2.24. The highest BCUT2D eigenvalue weighted by Gasteiger charge is 2.11. The molecule has 2 aromatic rings. The molecule has 0 saturated carbocycles. The van der Waals surface area contributed by atoms with E-state index in [2.05, 4.69) is 20.8 Å². The van der Waals surface area contributed by atoms with Crippen molar-refractivity contribution >= 4 is 11.3 Å². The largest absolute Gasteiger partial charge is 0.334 e. The van der Waals surface area contributed by atoms with E-state index in [1.165, 1.54) is 5.56 Å². The molecular weight excluding hydrogens is 210 g/mol. The van der Waals surface area contributed by atoms with Gasteiger partial charge >= 0.3 is 0 Å².